The molecule has 6 nitrogen and oxygen atoms in total. The lowest BCUT2D eigenvalue weighted by Crippen LogP contribution is -2.36. The van der Waals surface area contributed by atoms with Gasteiger partial charge in [0.1, 0.15) is 10.7 Å². The second kappa shape index (κ2) is 6.09. The van der Waals surface area contributed by atoms with Crippen LogP contribution < -0.4 is 16.0 Å². The minimum Gasteiger partial charge on any atom is -0.388 e. The molecule has 0 spiro atoms. The van der Waals surface area contributed by atoms with Crippen molar-refractivity contribution in [2.24, 2.45) is 5.73 Å². The van der Waals surface area contributed by atoms with Crippen LogP contribution in [0.4, 0.5) is 5.82 Å². The average molecular weight is 253 g/mol. The number of aromatic nitrogens is 2. The van der Waals surface area contributed by atoms with E-state index in [1.54, 1.807) is 11.9 Å². The number of carbonyl (C=O) groups excluding carboxylic acids is 1. The summed E-state index contributed by atoms with van der Waals surface area (Å²) in [4.78, 5) is 21.4. The monoisotopic (exact) mass is 253 g/mol. The maximum atomic E-state index is 11.4. The van der Waals surface area contributed by atoms with Crippen molar-refractivity contribution in [1.82, 2.24) is 15.3 Å². The van der Waals surface area contributed by atoms with Crippen LogP contribution in [0.3, 0.4) is 0 Å². The summed E-state index contributed by atoms with van der Waals surface area (Å²) in [5, 5.41) is 2.70. The lowest BCUT2D eigenvalue weighted by Gasteiger charge is -2.19. The third kappa shape index (κ3) is 3.63. The highest BCUT2D eigenvalue weighted by atomic mass is 32.1. The summed E-state index contributed by atoms with van der Waals surface area (Å²) in [7, 11) is 1.74. The molecule has 0 unspecified atom stereocenters. The number of thiocarbonyl (C=S) groups is 1. The molecular formula is C10H15N5OS. The van der Waals surface area contributed by atoms with Gasteiger partial charge in [0.15, 0.2) is 5.82 Å². The van der Waals surface area contributed by atoms with Crippen LogP contribution in [-0.2, 0) is 4.79 Å². The van der Waals surface area contributed by atoms with E-state index in [1.165, 1.54) is 12.4 Å². The van der Waals surface area contributed by atoms with Crippen molar-refractivity contribution in [3.8, 4) is 0 Å². The summed E-state index contributed by atoms with van der Waals surface area (Å²) in [6.45, 7) is 2.64. The van der Waals surface area contributed by atoms with Crippen LogP contribution in [0.5, 0.6) is 0 Å². The number of carbonyl (C=O) groups is 1. The number of rotatable bonds is 5. The van der Waals surface area contributed by atoms with Gasteiger partial charge in [-0.25, -0.2) is 9.97 Å². The summed E-state index contributed by atoms with van der Waals surface area (Å²) >= 11 is 4.88. The number of nitrogens with zero attached hydrogens (tertiary/aromatic N) is 3. The molecule has 1 amide bonds. The van der Waals surface area contributed by atoms with Gasteiger partial charge in [0.25, 0.3) is 0 Å². The Morgan fingerprint density at radius 3 is 2.76 bits per heavy atom. The minimum atomic E-state index is -0.0884. The molecule has 0 radical (unpaired) electrons. The summed E-state index contributed by atoms with van der Waals surface area (Å²) in [5.41, 5.74) is 5.97. The third-order valence-electron chi connectivity index (χ3n) is 2.03. The molecule has 1 heterocycles. The molecule has 1 aromatic heterocycles. The summed E-state index contributed by atoms with van der Waals surface area (Å²) in [6.07, 6.45) is 3.04. The lowest BCUT2D eigenvalue weighted by molar-refractivity contribution is -0.119. The van der Waals surface area contributed by atoms with Crippen molar-refractivity contribution in [3.05, 3.63) is 18.1 Å². The molecule has 0 atom stereocenters. The first-order chi connectivity index (χ1) is 8.06. The van der Waals surface area contributed by atoms with Crippen LogP contribution in [0.15, 0.2) is 12.4 Å². The van der Waals surface area contributed by atoms with Gasteiger partial charge in [-0.05, 0) is 6.92 Å². The van der Waals surface area contributed by atoms with Crippen LogP contribution in [0.25, 0.3) is 0 Å². The lowest BCUT2D eigenvalue weighted by atomic mass is 10.3. The minimum absolute atomic E-state index is 0.0884. The molecule has 0 aliphatic heterocycles. The Hall–Kier alpha value is -1.76. The van der Waals surface area contributed by atoms with Gasteiger partial charge in [-0.1, -0.05) is 12.2 Å². The van der Waals surface area contributed by atoms with E-state index in [2.05, 4.69) is 15.3 Å². The number of hydrogen-bond acceptors (Lipinski definition) is 5. The highest BCUT2D eigenvalue weighted by Gasteiger charge is 2.14. The topological polar surface area (TPSA) is 84.1 Å². The molecule has 0 saturated heterocycles. The second-order valence-corrected chi connectivity index (χ2v) is 3.84. The van der Waals surface area contributed by atoms with Gasteiger partial charge in [0.2, 0.25) is 5.91 Å². The number of nitrogens with one attached hydrogen (secondary N) is 1. The van der Waals surface area contributed by atoms with Gasteiger partial charge < -0.3 is 16.0 Å². The van der Waals surface area contributed by atoms with E-state index in [4.69, 9.17) is 18.0 Å². The molecule has 0 fully saturated rings. The van der Waals surface area contributed by atoms with E-state index in [0.29, 0.717) is 18.1 Å². The van der Waals surface area contributed by atoms with Gasteiger partial charge in [0, 0.05) is 26.0 Å². The molecule has 7 heteroatoms. The molecular weight excluding hydrogens is 238 g/mol. The van der Waals surface area contributed by atoms with Crippen molar-refractivity contribution in [3.63, 3.8) is 0 Å². The highest BCUT2D eigenvalue weighted by molar-refractivity contribution is 7.80. The zero-order valence-corrected chi connectivity index (χ0v) is 10.6. The van der Waals surface area contributed by atoms with Gasteiger partial charge in [-0.15, -0.1) is 0 Å². The molecule has 17 heavy (non-hydrogen) atoms. The van der Waals surface area contributed by atoms with Gasteiger partial charge in [-0.2, -0.15) is 0 Å². The summed E-state index contributed by atoms with van der Waals surface area (Å²) in [5.74, 6) is 0.417. The summed E-state index contributed by atoms with van der Waals surface area (Å²) < 4.78 is 0. The highest BCUT2D eigenvalue weighted by Crippen LogP contribution is 2.12. The predicted octanol–water partition coefficient (Wildman–Crippen LogP) is -0.317. The van der Waals surface area contributed by atoms with Crippen molar-refractivity contribution >= 4 is 28.9 Å². The van der Waals surface area contributed by atoms with E-state index in [9.17, 15) is 4.79 Å². The first-order valence-electron chi connectivity index (χ1n) is 5.15. The van der Waals surface area contributed by atoms with Crippen LogP contribution in [0.2, 0.25) is 0 Å². The first kappa shape index (κ1) is 13.3. The Kier molecular flexibility index (Phi) is 4.77. The molecule has 0 bridgehead atoms. The second-order valence-electron chi connectivity index (χ2n) is 3.40. The van der Waals surface area contributed by atoms with Crippen LogP contribution in [-0.4, -0.2) is 41.0 Å². The standard InChI is InChI=1S/C10H15N5OS/c1-3-12-7(16)6-15(2)10-8(9(11)17)13-4-5-14-10/h4-5H,3,6H2,1-2H3,(H2,11,17)(H,12,16). The SMILES string of the molecule is CCNC(=O)CN(C)c1nccnc1C(N)=S. The van der Waals surface area contributed by atoms with Crippen molar-refractivity contribution in [1.29, 1.82) is 0 Å². The maximum Gasteiger partial charge on any atom is 0.239 e. The van der Waals surface area contributed by atoms with Crippen molar-refractivity contribution < 1.29 is 4.79 Å². The van der Waals surface area contributed by atoms with Crippen molar-refractivity contribution in [2.75, 3.05) is 25.0 Å². The Bertz CT molecular complexity index is 423. The molecule has 0 aliphatic carbocycles. The number of nitrogens with two attached hydrogens (primary N) is 1. The Morgan fingerprint density at radius 2 is 2.18 bits per heavy atom. The van der Waals surface area contributed by atoms with Crippen molar-refractivity contribution in [2.45, 2.75) is 6.92 Å². The summed E-state index contributed by atoms with van der Waals surface area (Å²) in [6, 6.07) is 0. The Balaban J connectivity index is 2.85. The van der Waals surface area contributed by atoms with Gasteiger partial charge in [-0.3, -0.25) is 4.79 Å². The molecule has 0 aliphatic rings. The molecule has 92 valence electrons. The number of hydrogen-bond donors (Lipinski definition) is 2. The van der Waals surface area contributed by atoms with E-state index >= 15 is 0 Å². The molecule has 1 aromatic rings. The zero-order valence-electron chi connectivity index (χ0n) is 9.80. The Labute approximate surface area is 105 Å². The van der Waals surface area contributed by atoms with E-state index < -0.39 is 0 Å². The van der Waals surface area contributed by atoms with Crippen LogP contribution in [0, 0.1) is 0 Å². The van der Waals surface area contributed by atoms with E-state index in [-0.39, 0.29) is 17.4 Å². The molecule has 1 rings (SSSR count). The quantitative estimate of drug-likeness (QED) is 0.700. The van der Waals surface area contributed by atoms with E-state index in [0.717, 1.165) is 0 Å². The number of likely N-dealkylation sites (N-methyl/N-ethyl adjacent to an activating group) is 2. The predicted molar refractivity (Wildman–Crippen MR) is 69.9 cm³/mol. The van der Waals surface area contributed by atoms with Gasteiger partial charge in [0.05, 0.1) is 6.54 Å². The zero-order chi connectivity index (χ0) is 12.8. The fourth-order valence-corrected chi connectivity index (χ4v) is 1.47. The Morgan fingerprint density at radius 1 is 1.53 bits per heavy atom. The molecule has 3 N–H and O–H groups in total. The first-order valence-corrected chi connectivity index (χ1v) is 5.55. The van der Waals surface area contributed by atoms with Gasteiger partial charge >= 0.3 is 0 Å². The van der Waals surface area contributed by atoms with Crippen LogP contribution >= 0.6 is 12.2 Å². The fourth-order valence-electron chi connectivity index (χ4n) is 1.33. The maximum absolute atomic E-state index is 11.4. The molecule has 0 aromatic carbocycles. The number of anilines is 1. The molecule has 0 saturated carbocycles. The fraction of sp³-hybridized carbons (Fsp3) is 0.400. The average Bonchev–Trinajstić information content (AvgIpc) is 2.29. The van der Waals surface area contributed by atoms with Crippen LogP contribution in [0.1, 0.15) is 12.6 Å². The smallest absolute Gasteiger partial charge is 0.239 e. The normalized spacial score (nSPS) is 9.76. The largest absolute Gasteiger partial charge is 0.388 e. The van der Waals surface area contributed by atoms with E-state index in [1.807, 2.05) is 6.92 Å². The third-order valence-corrected chi connectivity index (χ3v) is 2.22. The number of amides is 1.